The first-order chi connectivity index (χ1) is 9.65. The van der Waals surface area contributed by atoms with Crippen LogP contribution in [0.15, 0.2) is 18.2 Å². The molecule has 3 nitrogen and oxygen atoms in total. The van der Waals surface area contributed by atoms with E-state index < -0.39 is 0 Å². The molecule has 0 aliphatic carbocycles. The highest BCUT2D eigenvalue weighted by atomic mass is 35.5. The molecule has 1 atom stereocenters. The second-order valence-corrected chi connectivity index (χ2v) is 5.96. The zero-order valence-electron chi connectivity index (χ0n) is 11.9. The van der Waals surface area contributed by atoms with Crippen LogP contribution in [0.1, 0.15) is 37.4 Å². The zero-order chi connectivity index (χ0) is 14.5. The van der Waals surface area contributed by atoms with Gasteiger partial charge in [-0.3, -0.25) is 0 Å². The molecule has 5 heteroatoms. The van der Waals surface area contributed by atoms with Gasteiger partial charge in [0, 0.05) is 20.3 Å². The van der Waals surface area contributed by atoms with Crippen molar-refractivity contribution < 1.29 is 4.74 Å². The van der Waals surface area contributed by atoms with Gasteiger partial charge in [0.1, 0.15) is 5.82 Å². The smallest absolute Gasteiger partial charge is 0.127 e. The van der Waals surface area contributed by atoms with Gasteiger partial charge in [-0.15, -0.1) is 11.6 Å². The Balaban J connectivity index is 2.22. The minimum absolute atomic E-state index is 0.127. The van der Waals surface area contributed by atoms with Crippen LogP contribution in [0.2, 0.25) is 5.02 Å². The molecule has 110 valence electrons. The van der Waals surface area contributed by atoms with E-state index in [1.165, 1.54) is 0 Å². The van der Waals surface area contributed by atoms with Crippen molar-refractivity contribution in [1.29, 1.82) is 0 Å². The van der Waals surface area contributed by atoms with Crippen LogP contribution in [0.25, 0.3) is 11.0 Å². The molecule has 0 N–H and O–H groups in total. The van der Waals surface area contributed by atoms with Gasteiger partial charge in [0.25, 0.3) is 0 Å². The van der Waals surface area contributed by atoms with E-state index in [-0.39, 0.29) is 5.38 Å². The second kappa shape index (κ2) is 7.30. The fraction of sp³-hybridized carbons (Fsp3) is 0.533. The summed E-state index contributed by atoms with van der Waals surface area (Å²) in [7, 11) is 1.73. The number of hydrogen-bond acceptors (Lipinski definition) is 2. The highest BCUT2D eigenvalue weighted by Gasteiger charge is 2.16. The molecule has 0 amide bonds. The average Bonchev–Trinajstić information content (AvgIpc) is 2.79. The van der Waals surface area contributed by atoms with Crippen LogP contribution in [-0.2, 0) is 11.3 Å². The van der Waals surface area contributed by atoms with Gasteiger partial charge in [-0.1, -0.05) is 17.7 Å². The van der Waals surface area contributed by atoms with E-state index in [1.54, 1.807) is 7.11 Å². The Labute approximate surface area is 129 Å². The number of halogens is 2. The van der Waals surface area contributed by atoms with Crippen molar-refractivity contribution in [3.05, 3.63) is 29.0 Å². The number of aromatic nitrogens is 2. The number of hydrogen-bond donors (Lipinski definition) is 0. The molecular weight excluding hydrogens is 295 g/mol. The number of ether oxygens (including phenoxy) is 1. The van der Waals surface area contributed by atoms with Gasteiger partial charge in [0.05, 0.1) is 21.4 Å². The first-order valence-corrected chi connectivity index (χ1v) is 7.74. The molecule has 0 saturated heterocycles. The van der Waals surface area contributed by atoms with Crippen molar-refractivity contribution in [3.8, 4) is 0 Å². The summed E-state index contributed by atoms with van der Waals surface area (Å²) in [6.45, 7) is 3.64. The van der Waals surface area contributed by atoms with Crippen molar-refractivity contribution in [2.45, 2.75) is 38.1 Å². The number of unbranched alkanes of at least 4 members (excludes halogenated alkanes) is 2. The molecule has 2 rings (SSSR count). The summed E-state index contributed by atoms with van der Waals surface area (Å²) in [6, 6.07) is 5.80. The minimum atomic E-state index is -0.127. The van der Waals surface area contributed by atoms with Gasteiger partial charge >= 0.3 is 0 Å². The van der Waals surface area contributed by atoms with Crippen LogP contribution in [0.3, 0.4) is 0 Å². The fourth-order valence-corrected chi connectivity index (χ4v) is 2.82. The summed E-state index contributed by atoms with van der Waals surface area (Å²) in [4.78, 5) is 4.61. The summed E-state index contributed by atoms with van der Waals surface area (Å²) in [5, 5.41) is 0.605. The van der Waals surface area contributed by atoms with Gasteiger partial charge < -0.3 is 9.30 Å². The molecule has 2 aromatic rings. The predicted molar refractivity (Wildman–Crippen MR) is 84.7 cm³/mol. The van der Waals surface area contributed by atoms with Gasteiger partial charge in [-0.2, -0.15) is 0 Å². The third-order valence-corrected chi connectivity index (χ3v) is 3.83. The van der Waals surface area contributed by atoms with Crippen molar-refractivity contribution in [2.24, 2.45) is 0 Å². The Morgan fingerprint density at radius 3 is 2.80 bits per heavy atom. The predicted octanol–water partition coefficient (Wildman–Crippen LogP) is 4.81. The number of alkyl halides is 1. The van der Waals surface area contributed by atoms with Gasteiger partial charge in [0.2, 0.25) is 0 Å². The minimum Gasteiger partial charge on any atom is -0.385 e. The summed E-state index contributed by atoms with van der Waals surface area (Å²) in [5.74, 6) is 0.890. The normalized spacial score (nSPS) is 13.0. The van der Waals surface area contributed by atoms with E-state index >= 15 is 0 Å². The Hall–Kier alpha value is -0.770. The standard InChI is InChI=1S/C15H20Cl2N2O/c1-11(16)15-18-13-8-6-7-12(17)14(13)19(15)9-4-3-5-10-20-2/h6-8,11H,3-5,9-10H2,1-2H3. The Bertz CT molecular complexity index is 566. The van der Waals surface area contributed by atoms with Gasteiger partial charge in [-0.25, -0.2) is 4.98 Å². The quantitative estimate of drug-likeness (QED) is 0.542. The Kier molecular flexibility index (Phi) is 5.70. The Morgan fingerprint density at radius 2 is 2.10 bits per heavy atom. The van der Waals surface area contributed by atoms with Gasteiger partial charge in [-0.05, 0) is 38.3 Å². The van der Waals surface area contributed by atoms with Crippen molar-refractivity contribution >= 4 is 34.2 Å². The summed E-state index contributed by atoms with van der Waals surface area (Å²) in [6.07, 6.45) is 3.26. The molecule has 1 unspecified atom stereocenters. The first kappa shape index (κ1) is 15.6. The molecular formula is C15H20Cl2N2O. The lowest BCUT2D eigenvalue weighted by Crippen LogP contribution is -2.05. The van der Waals surface area contributed by atoms with Crippen LogP contribution in [0.5, 0.6) is 0 Å². The topological polar surface area (TPSA) is 27.1 Å². The number of benzene rings is 1. The van der Waals surface area contributed by atoms with Crippen molar-refractivity contribution in [1.82, 2.24) is 9.55 Å². The lowest BCUT2D eigenvalue weighted by molar-refractivity contribution is 0.191. The molecule has 0 radical (unpaired) electrons. The molecule has 1 aromatic carbocycles. The molecule has 1 heterocycles. The Morgan fingerprint density at radius 1 is 1.30 bits per heavy atom. The van der Waals surface area contributed by atoms with E-state index in [0.717, 1.165) is 54.3 Å². The number of para-hydroxylation sites is 1. The van der Waals surface area contributed by atoms with E-state index in [0.29, 0.717) is 0 Å². The molecule has 20 heavy (non-hydrogen) atoms. The number of methoxy groups -OCH3 is 1. The van der Waals surface area contributed by atoms with E-state index in [9.17, 15) is 0 Å². The van der Waals surface area contributed by atoms with E-state index in [2.05, 4.69) is 9.55 Å². The third kappa shape index (κ3) is 3.46. The number of nitrogens with zero attached hydrogens (tertiary/aromatic N) is 2. The number of aryl methyl sites for hydroxylation is 1. The number of imidazole rings is 1. The zero-order valence-corrected chi connectivity index (χ0v) is 13.4. The average molecular weight is 315 g/mol. The third-order valence-electron chi connectivity index (χ3n) is 3.33. The summed E-state index contributed by atoms with van der Waals surface area (Å²) >= 11 is 12.6. The lowest BCUT2D eigenvalue weighted by Gasteiger charge is -2.11. The van der Waals surface area contributed by atoms with Gasteiger partial charge in [0.15, 0.2) is 0 Å². The first-order valence-electron chi connectivity index (χ1n) is 6.92. The SMILES string of the molecule is COCCCCCn1c(C(C)Cl)nc2cccc(Cl)c21. The molecule has 1 aromatic heterocycles. The second-order valence-electron chi connectivity index (χ2n) is 4.90. The molecule has 0 spiro atoms. The number of rotatable bonds is 7. The fourth-order valence-electron chi connectivity index (χ4n) is 2.38. The number of fused-ring (bicyclic) bond motifs is 1. The van der Waals surface area contributed by atoms with Crippen molar-refractivity contribution in [2.75, 3.05) is 13.7 Å². The van der Waals surface area contributed by atoms with E-state index in [4.69, 9.17) is 27.9 Å². The summed E-state index contributed by atoms with van der Waals surface area (Å²) in [5.41, 5.74) is 1.90. The molecule has 0 aliphatic rings. The van der Waals surface area contributed by atoms with Crippen LogP contribution < -0.4 is 0 Å². The van der Waals surface area contributed by atoms with Crippen LogP contribution >= 0.6 is 23.2 Å². The van der Waals surface area contributed by atoms with Crippen LogP contribution in [-0.4, -0.2) is 23.3 Å². The molecule has 0 bridgehead atoms. The monoisotopic (exact) mass is 314 g/mol. The van der Waals surface area contributed by atoms with Crippen molar-refractivity contribution in [3.63, 3.8) is 0 Å². The van der Waals surface area contributed by atoms with Crippen LogP contribution in [0.4, 0.5) is 0 Å². The lowest BCUT2D eigenvalue weighted by atomic mass is 10.2. The maximum atomic E-state index is 6.32. The highest BCUT2D eigenvalue weighted by molar-refractivity contribution is 6.35. The maximum absolute atomic E-state index is 6.32. The van der Waals surface area contributed by atoms with Crippen LogP contribution in [0, 0.1) is 0 Å². The summed E-state index contributed by atoms with van der Waals surface area (Å²) < 4.78 is 7.22. The largest absolute Gasteiger partial charge is 0.385 e. The molecule has 0 aliphatic heterocycles. The molecule has 0 fully saturated rings. The van der Waals surface area contributed by atoms with E-state index in [1.807, 2.05) is 25.1 Å². The molecule has 0 saturated carbocycles. The highest BCUT2D eigenvalue weighted by Crippen LogP contribution is 2.29. The maximum Gasteiger partial charge on any atom is 0.127 e.